The van der Waals surface area contributed by atoms with Gasteiger partial charge in [-0.2, -0.15) is 0 Å². The minimum Gasteiger partial charge on any atom is -0.286 e. The number of nitro groups is 1. The highest BCUT2D eigenvalue weighted by Gasteiger charge is 2.52. The highest BCUT2D eigenvalue weighted by molar-refractivity contribution is 6.07. The lowest BCUT2D eigenvalue weighted by atomic mass is 10.0. The molecule has 1 fully saturated rings. The van der Waals surface area contributed by atoms with Gasteiger partial charge in [0, 0.05) is 18.7 Å². The van der Waals surface area contributed by atoms with E-state index < -0.39 is 0 Å². The van der Waals surface area contributed by atoms with Crippen LogP contribution in [0.1, 0.15) is 17.2 Å². The van der Waals surface area contributed by atoms with Gasteiger partial charge >= 0.3 is 0 Å². The van der Waals surface area contributed by atoms with Gasteiger partial charge in [-0.1, -0.05) is 42.5 Å². The van der Waals surface area contributed by atoms with Gasteiger partial charge in [-0.3, -0.25) is 20.0 Å². The molecule has 2 heterocycles. The summed E-state index contributed by atoms with van der Waals surface area (Å²) in [5, 5.41) is 10.8. The molecule has 0 amide bonds. The monoisotopic (exact) mass is 293 g/mol. The maximum absolute atomic E-state index is 10.8. The molecule has 5 nitrogen and oxygen atoms in total. The van der Waals surface area contributed by atoms with E-state index in [9.17, 15) is 10.1 Å². The number of hydrogen-bond acceptors (Lipinski definition) is 4. The average Bonchev–Trinajstić information content (AvgIpc) is 3.30. The molecule has 2 aromatic rings. The highest BCUT2D eigenvalue weighted by Crippen LogP contribution is 2.46. The van der Waals surface area contributed by atoms with Crippen molar-refractivity contribution in [3.63, 3.8) is 0 Å². The Bertz CT molecular complexity index is 740. The molecule has 0 aromatic heterocycles. The Morgan fingerprint density at radius 3 is 2.45 bits per heavy atom. The molecule has 0 spiro atoms. The summed E-state index contributed by atoms with van der Waals surface area (Å²) in [6.07, 6.45) is 0. The Labute approximate surface area is 128 Å². The number of non-ortho nitro benzene ring substituents is 1. The van der Waals surface area contributed by atoms with E-state index in [0.717, 1.165) is 24.4 Å². The second-order valence-electron chi connectivity index (χ2n) is 5.61. The molecule has 4 rings (SSSR count). The van der Waals surface area contributed by atoms with E-state index in [1.165, 1.54) is 5.56 Å². The predicted octanol–water partition coefficient (Wildman–Crippen LogP) is 2.82. The standard InChI is InChI=1S/C17H15N3O2/c21-20(22)14-8-6-13(7-9-14)16-17-15(18-10-11-19(16)17)12-4-2-1-3-5-12/h1-9,16-17H,10-11H2. The Kier molecular flexibility index (Phi) is 3.01. The fraction of sp³-hybridized carbons (Fsp3) is 0.235. The molecule has 3 atom stereocenters. The third-order valence-electron chi connectivity index (χ3n) is 4.36. The zero-order valence-electron chi connectivity index (χ0n) is 11.9. The van der Waals surface area contributed by atoms with Crippen molar-refractivity contribution in [2.45, 2.75) is 12.1 Å². The Hall–Kier alpha value is -2.53. The van der Waals surface area contributed by atoms with Gasteiger partial charge in [0.2, 0.25) is 0 Å². The van der Waals surface area contributed by atoms with E-state index in [1.54, 1.807) is 12.1 Å². The number of fused-ring (bicyclic) bond motifs is 1. The maximum atomic E-state index is 10.8. The van der Waals surface area contributed by atoms with Crippen molar-refractivity contribution in [2.75, 3.05) is 13.1 Å². The predicted molar refractivity (Wildman–Crippen MR) is 84.2 cm³/mol. The third-order valence-corrected chi connectivity index (χ3v) is 4.36. The Morgan fingerprint density at radius 2 is 1.77 bits per heavy atom. The fourth-order valence-corrected chi connectivity index (χ4v) is 3.28. The van der Waals surface area contributed by atoms with Crippen molar-refractivity contribution in [1.29, 1.82) is 0 Å². The first-order chi connectivity index (χ1) is 10.8. The molecule has 1 saturated heterocycles. The van der Waals surface area contributed by atoms with E-state index >= 15 is 0 Å². The molecule has 0 radical (unpaired) electrons. The quantitative estimate of drug-likeness (QED) is 0.497. The van der Waals surface area contributed by atoms with Crippen LogP contribution in [0.3, 0.4) is 0 Å². The van der Waals surface area contributed by atoms with Crippen molar-refractivity contribution < 1.29 is 4.92 Å². The number of hydrogen-bond donors (Lipinski definition) is 0. The zero-order chi connectivity index (χ0) is 15.1. The summed E-state index contributed by atoms with van der Waals surface area (Å²) in [4.78, 5) is 17.5. The molecule has 3 unspecified atom stereocenters. The SMILES string of the molecule is O=[N+]([O-])c1ccc(C2C3C(c4ccccc4)=NCCN32)cc1. The molecular formula is C17H15N3O2. The van der Waals surface area contributed by atoms with Crippen LogP contribution in [-0.2, 0) is 0 Å². The van der Waals surface area contributed by atoms with Crippen molar-refractivity contribution in [3.05, 3.63) is 75.8 Å². The van der Waals surface area contributed by atoms with Crippen LogP contribution >= 0.6 is 0 Å². The Balaban J connectivity index is 1.61. The minimum absolute atomic E-state index is 0.138. The van der Waals surface area contributed by atoms with Crippen LogP contribution in [0.15, 0.2) is 59.6 Å². The van der Waals surface area contributed by atoms with Crippen molar-refractivity contribution in [2.24, 2.45) is 4.99 Å². The van der Waals surface area contributed by atoms with E-state index in [0.29, 0.717) is 12.1 Å². The van der Waals surface area contributed by atoms with Crippen LogP contribution in [-0.4, -0.2) is 34.7 Å². The van der Waals surface area contributed by atoms with E-state index in [-0.39, 0.29) is 10.6 Å². The first kappa shape index (κ1) is 13.2. The maximum Gasteiger partial charge on any atom is 0.269 e. The molecule has 22 heavy (non-hydrogen) atoms. The smallest absolute Gasteiger partial charge is 0.269 e. The van der Waals surface area contributed by atoms with Gasteiger partial charge in [0.05, 0.1) is 29.3 Å². The summed E-state index contributed by atoms with van der Waals surface area (Å²) < 4.78 is 0. The fourth-order valence-electron chi connectivity index (χ4n) is 3.28. The van der Waals surface area contributed by atoms with Gasteiger partial charge in [-0.05, 0) is 11.1 Å². The number of benzene rings is 2. The lowest BCUT2D eigenvalue weighted by molar-refractivity contribution is -0.384. The minimum atomic E-state index is -0.360. The summed E-state index contributed by atoms with van der Waals surface area (Å²) in [5.74, 6) is 0. The summed E-state index contributed by atoms with van der Waals surface area (Å²) in [6, 6.07) is 17.7. The molecule has 0 aliphatic carbocycles. The molecule has 2 aromatic carbocycles. The lowest BCUT2D eigenvalue weighted by Crippen LogP contribution is -2.22. The normalized spacial score (nSPS) is 26.0. The largest absolute Gasteiger partial charge is 0.286 e. The van der Waals surface area contributed by atoms with Crippen LogP contribution in [0, 0.1) is 10.1 Å². The van der Waals surface area contributed by atoms with Crippen LogP contribution in [0.25, 0.3) is 0 Å². The van der Waals surface area contributed by atoms with Gasteiger partial charge in [0.15, 0.2) is 0 Å². The van der Waals surface area contributed by atoms with E-state index in [4.69, 9.17) is 4.99 Å². The molecule has 2 aliphatic heterocycles. The highest BCUT2D eigenvalue weighted by atomic mass is 16.6. The molecule has 110 valence electrons. The van der Waals surface area contributed by atoms with E-state index in [2.05, 4.69) is 17.0 Å². The molecule has 2 aliphatic rings. The topological polar surface area (TPSA) is 58.5 Å². The second kappa shape index (κ2) is 5.03. The van der Waals surface area contributed by atoms with Gasteiger partial charge < -0.3 is 0 Å². The van der Waals surface area contributed by atoms with Crippen molar-refractivity contribution in [1.82, 2.24) is 4.90 Å². The van der Waals surface area contributed by atoms with Crippen LogP contribution in [0.2, 0.25) is 0 Å². The van der Waals surface area contributed by atoms with E-state index in [1.807, 2.05) is 30.3 Å². The van der Waals surface area contributed by atoms with Gasteiger partial charge in [0.1, 0.15) is 0 Å². The van der Waals surface area contributed by atoms with Gasteiger partial charge in [-0.15, -0.1) is 0 Å². The first-order valence-electron chi connectivity index (χ1n) is 7.35. The molecule has 0 N–H and O–H groups in total. The first-order valence-corrected chi connectivity index (χ1v) is 7.35. The number of aliphatic imine (C=N–C) groups is 1. The molecule has 0 bridgehead atoms. The number of rotatable bonds is 3. The van der Waals surface area contributed by atoms with Gasteiger partial charge in [-0.25, -0.2) is 0 Å². The summed E-state index contributed by atoms with van der Waals surface area (Å²) in [6.45, 7) is 1.76. The molecule has 5 heteroatoms. The van der Waals surface area contributed by atoms with Gasteiger partial charge in [0.25, 0.3) is 5.69 Å². The van der Waals surface area contributed by atoms with Crippen LogP contribution in [0.5, 0.6) is 0 Å². The zero-order valence-corrected chi connectivity index (χ0v) is 11.9. The Morgan fingerprint density at radius 1 is 1.05 bits per heavy atom. The lowest BCUT2D eigenvalue weighted by Gasteiger charge is -2.11. The van der Waals surface area contributed by atoms with Crippen molar-refractivity contribution in [3.8, 4) is 0 Å². The second-order valence-corrected chi connectivity index (χ2v) is 5.61. The molecular weight excluding hydrogens is 278 g/mol. The summed E-state index contributed by atoms with van der Waals surface area (Å²) in [5.41, 5.74) is 3.57. The number of nitro benzene ring substituents is 1. The third kappa shape index (κ3) is 2.10. The number of nitrogens with zero attached hydrogens (tertiary/aromatic N) is 3. The van der Waals surface area contributed by atoms with Crippen LogP contribution in [0.4, 0.5) is 5.69 Å². The summed E-state index contributed by atoms with van der Waals surface area (Å²) in [7, 11) is 0. The molecule has 0 saturated carbocycles. The average molecular weight is 293 g/mol. The van der Waals surface area contributed by atoms with Crippen LogP contribution < -0.4 is 0 Å². The summed E-state index contributed by atoms with van der Waals surface area (Å²) >= 11 is 0. The van der Waals surface area contributed by atoms with Crippen molar-refractivity contribution >= 4 is 11.4 Å².